The van der Waals surface area contributed by atoms with Gasteiger partial charge in [0.1, 0.15) is 17.9 Å². The van der Waals surface area contributed by atoms with Crippen molar-refractivity contribution >= 4 is 21.9 Å². The number of nitrogens with zero attached hydrogens (tertiary/aromatic N) is 6. The van der Waals surface area contributed by atoms with Gasteiger partial charge in [-0.1, -0.05) is 0 Å². The van der Waals surface area contributed by atoms with E-state index in [0.717, 1.165) is 58.4 Å². The van der Waals surface area contributed by atoms with E-state index in [4.69, 9.17) is 14.2 Å². The quantitative estimate of drug-likeness (QED) is 0.380. The Morgan fingerprint density at radius 3 is 2.51 bits per heavy atom. The number of anilines is 1. The van der Waals surface area contributed by atoms with Crippen LogP contribution in [0.5, 0.6) is 11.5 Å². The summed E-state index contributed by atoms with van der Waals surface area (Å²) in [5.41, 5.74) is 0.409. The summed E-state index contributed by atoms with van der Waals surface area (Å²) in [6, 6.07) is 3.80. The lowest BCUT2D eigenvalue weighted by Crippen LogP contribution is -2.61. The molecule has 4 fully saturated rings. The molecule has 258 valence electrons. The van der Waals surface area contributed by atoms with E-state index in [2.05, 4.69) is 24.5 Å². The van der Waals surface area contributed by atoms with Gasteiger partial charge in [-0.2, -0.15) is 17.4 Å². The van der Waals surface area contributed by atoms with Crippen LogP contribution in [0.1, 0.15) is 49.9 Å². The zero-order valence-electron chi connectivity index (χ0n) is 27.6. The van der Waals surface area contributed by atoms with E-state index in [1.54, 1.807) is 17.2 Å². The molecule has 2 atom stereocenters. The molecule has 4 aliphatic heterocycles. The Morgan fingerprint density at radius 2 is 1.89 bits per heavy atom. The number of carbonyl (C=O) groups is 1. The van der Waals surface area contributed by atoms with Crippen molar-refractivity contribution in [3.05, 3.63) is 42.1 Å². The highest BCUT2D eigenvalue weighted by molar-refractivity contribution is 7.87. The van der Waals surface area contributed by atoms with E-state index in [0.29, 0.717) is 31.4 Å². The highest BCUT2D eigenvalue weighted by Gasteiger charge is 2.46. The van der Waals surface area contributed by atoms with Crippen LogP contribution in [0.15, 0.2) is 30.7 Å². The van der Waals surface area contributed by atoms with Gasteiger partial charge in [-0.05, 0) is 64.8 Å². The molecule has 1 amide bonds. The van der Waals surface area contributed by atoms with Crippen LogP contribution in [-0.2, 0) is 19.7 Å². The number of hydrogen-bond acceptors (Lipinski definition) is 10. The van der Waals surface area contributed by atoms with Crippen LogP contribution in [0.2, 0.25) is 0 Å². The minimum Gasteiger partial charge on any atom is -0.452 e. The van der Waals surface area contributed by atoms with Gasteiger partial charge in [0, 0.05) is 62.9 Å². The Labute approximate surface area is 276 Å². The molecule has 0 aliphatic carbocycles. The predicted octanol–water partition coefficient (Wildman–Crippen LogP) is 2.50. The highest BCUT2D eigenvalue weighted by atomic mass is 32.2. The molecule has 1 N–H and O–H groups in total. The van der Waals surface area contributed by atoms with Gasteiger partial charge >= 0.3 is 0 Å². The van der Waals surface area contributed by atoms with Crippen molar-refractivity contribution in [3.63, 3.8) is 0 Å². The summed E-state index contributed by atoms with van der Waals surface area (Å²) in [5, 5.41) is 0. The molecule has 6 rings (SSSR count). The number of piperidine rings is 1. The Kier molecular flexibility index (Phi) is 10.0. The number of ether oxygens (including phenoxy) is 3. The van der Waals surface area contributed by atoms with E-state index in [-0.39, 0.29) is 46.9 Å². The summed E-state index contributed by atoms with van der Waals surface area (Å²) in [6.07, 6.45) is 6.84. The largest absolute Gasteiger partial charge is 0.452 e. The minimum absolute atomic E-state index is 0.0259. The molecule has 0 radical (unpaired) electrons. The van der Waals surface area contributed by atoms with Crippen molar-refractivity contribution in [2.24, 2.45) is 5.41 Å². The zero-order valence-corrected chi connectivity index (χ0v) is 28.4. The van der Waals surface area contributed by atoms with Crippen LogP contribution in [0, 0.1) is 11.2 Å². The maximum atomic E-state index is 14.8. The normalized spacial score (nSPS) is 23.5. The molecule has 1 aromatic heterocycles. The summed E-state index contributed by atoms with van der Waals surface area (Å²) in [7, 11) is -0.441. The van der Waals surface area contributed by atoms with Crippen molar-refractivity contribution < 1.29 is 31.8 Å². The standard InChI is InChI=1S/C32H46FN7O6S/c1-22(2)40(26-17-44-18-26)31(41)23-11-24(33)13-28(12-23)46-29-14-34-21-35-30(29)39-19-32(20-39)7-9-38(10-8-32)15-27-6-5-25(16-45-27)36-47(42,43)37(3)4/h11-14,21-22,25-27,36H,5-10,15-20H2,1-4H3/t25-,27+/m1/s1. The molecular weight excluding hydrogens is 629 g/mol. The smallest absolute Gasteiger partial charge is 0.279 e. The number of likely N-dealkylation sites (tertiary alicyclic amines) is 1. The fraction of sp³-hybridized carbons (Fsp3) is 0.656. The van der Waals surface area contributed by atoms with Crippen LogP contribution in [-0.4, -0.2) is 129 Å². The lowest BCUT2D eigenvalue weighted by molar-refractivity contribution is -0.0622. The van der Waals surface area contributed by atoms with E-state index < -0.39 is 16.0 Å². The molecule has 2 aromatic rings. The number of amides is 1. The van der Waals surface area contributed by atoms with Crippen LogP contribution >= 0.6 is 0 Å². The molecule has 0 unspecified atom stereocenters. The number of nitrogens with one attached hydrogen (secondary N) is 1. The monoisotopic (exact) mass is 675 g/mol. The van der Waals surface area contributed by atoms with E-state index in [1.807, 2.05) is 13.8 Å². The molecule has 47 heavy (non-hydrogen) atoms. The Balaban J connectivity index is 1.01. The molecule has 4 saturated heterocycles. The van der Waals surface area contributed by atoms with Gasteiger partial charge in [-0.15, -0.1) is 0 Å². The maximum absolute atomic E-state index is 14.8. The van der Waals surface area contributed by atoms with Crippen LogP contribution < -0.4 is 14.4 Å². The Bertz CT molecular complexity index is 1520. The number of carbonyl (C=O) groups excluding carboxylic acids is 1. The second-order valence-corrected chi connectivity index (χ2v) is 15.7. The highest BCUT2D eigenvalue weighted by Crippen LogP contribution is 2.45. The molecule has 0 saturated carbocycles. The Hall–Kier alpha value is -2.95. The van der Waals surface area contributed by atoms with E-state index in [1.165, 1.54) is 36.9 Å². The van der Waals surface area contributed by atoms with Gasteiger partial charge in [-0.25, -0.2) is 14.4 Å². The number of rotatable bonds is 11. The minimum atomic E-state index is -3.47. The lowest BCUT2D eigenvalue weighted by atomic mass is 9.72. The second kappa shape index (κ2) is 13.9. The third-order valence-electron chi connectivity index (χ3n) is 9.71. The summed E-state index contributed by atoms with van der Waals surface area (Å²) >= 11 is 0. The van der Waals surface area contributed by atoms with Gasteiger partial charge in [0.25, 0.3) is 16.1 Å². The fourth-order valence-corrected chi connectivity index (χ4v) is 7.75. The Morgan fingerprint density at radius 1 is 1.15 bits per heavy atom. The summed E-state index contributed by atoms with van der Waals surface area (Å²) in [4.78, 5) is 28.4. The fourth-order valence-electron chi connectivity index (χ4n) is 6.93. The van der Waals surface area contributed by atoms with Gasteiger partial charge in [-0.3, -0.25) is 4.79 Å². The number of hydrogen-bond donors (Lipinski definition) is 1. The molecule has 0 bridgehead atoms. The first-order valence-corrected chi connectivity index (χ1v) is 17.8. The molecule has 15 heteroatoms. The summed E-state index contributed by atoms with van der Waals surface area (Å²) in [6.45, 7) is 9.66. The van der Waals surface area contributed by atoms with E-state index >= 15 is 0 Å². The predicted molar refractivity (Wildman–Crippen MR) is 173 cm³/mol. The van der Waals surface area contributed by atoms with Crippen molar-refractivity contribution in [2.75, 3.05) is 71.5 Å². The average molecular weight is 676 g/mol. The first-order chi connectivity index (χ1) is 22.4. The van der Waals surface area contributed by atoms with Gasteiger partial charge < -0.3 is 28.9 Å². The van der Waals surface area contributed by atoms with Crippen molar-refractivity contribution in [3.8, 4) is 11.5 Å². The summed E-state index contributed by atoms with van der Waals surface area (Å²) < 4.78 is 60.4. The molecule has 1 aromatic carbocycles. The molecular formula is C32H46FN7O6S. The SMILES string of the molecule is CC(C)N(C(=O)c1cc(F)cc(Oc2cncnc2N2CC3(CCN(C[C@@H]4CC[C@@H](NS(=O)(=O)N(C)C)CO4)CC3)C2)c1)C1COC1. The van der Waals surface area contributed by atoms with Crippen LogP contribution in [0.4, 0.5) is 10.2 Å². The lowest BCUT2D eigenvalue weighted by Gasteiger charge is -2.54. The van der Waals surface area contributed by atoms with Gasteiger partial charge in [0.05, 0.1) is 38.2 Å². The topological polar surface area (TPSA) is 130 Å². The number of benzene rings is 1. The maximum Gasteiger partial charge on any atom is 0.279 e. The summed E-state index contributed by atoms with van der Waals surface area (Å²) in [5.74, 6) is 0.464. The van der Waals surface area contributed by atoms with Crippen molar-refractivity contribution in [1.82, 2.24) is 28.8 Å². The van der Waals surface area contributed by atoms with Crippen molar-refractivity contribution in [2.45, 2.75) is 63.8 Å². The molecule has 5 heterocycles. The zero-order chi connectivity index (χ0) is 33.3. The van der Waals surface area contributed by atoms with Gasteiger partial charge in [0.2, 0.25) is 0 Å². The second-order valence-electron chi connectivity index (χ2n) is 13.8. The molecule has 1 spiro atoms. The van der Waals surface area contributed by atoms with Crippen LogP contribution in [0.3, 0.4) is 0 Å². The third-order valence-corrected chi connectivity index (χ3v) is 11.3. The molecule has 13 nitrogen and oxygen atoms in total. The van der Waals surface area contributed by atoms with Gasteiger partial charge in [0.15, 0.2) is 11.6 Å². The average Bonchev–Trinajstić information content (AvgIpc) is 2.98. The van der Waals surface area contributed by atoms with E-state index in [9.17, 15) is 17.6 Å². The first kappa shape index (κ1) is 33.9. The molecule has 4 aliphatic rings. The number of aromatic nitrogens is 2. The van der Waals surface area contributed by atoms with Crippen molar-refractivity contribution in [1.29, 1.82) is 0 Å². The number of halogens is 1. The third kappa shape index (κ3) is 7.70. The first-order valence-electron chi connectivity index (χ1n) is 16.4. The van der Waals surface area contributed by atoms with Crippen LogP contribution in [0.25, 0.3) is 0 Å².